The van der Waals surface area contributed by atoms with Crippen molar-refractivity contribution in [1.82, 2.24) is 15.1 Å². The summed E-state index contributed by atoms with van der Waals surface area (Å²) in [4.78, 5) is 12.3. The number of nitrogens with one attached hydrogen (secondary N) is 1. The topological polar surface area (TPSA) is 65.4 Å². The number of amides is 1. The molecule has 2 aromatic carbocycles. The minimum Gasteiger partial charge on any atom is -0.493 e. The largest absolute Gasteiger partial charge is 0.493 e. The average molecular weight is 405 g/mol. The van der Waals surface area contributed by atoms with Crippen molar-refractivity contribution >= 4 is 5.91 Å². The highest BCUT2D eigenvalue weighted by Crippen LogP contribution is 2.29. The molecule has 1 aromatic heterocycles. The Hall–Kier alpha value is -3.49. The third-order valence-electron chi connectivity index (χ3n) is 4.06. The van der Waals surface area contributed by atoms with Gasteiger partial charge in [-0.3, -0.25) is 4.79 Å². The third kappa shape index (κ3) is 5.28. The van der Waals surface area contributed by atoms with Crippen LogP contribution in [0.2, 0.25) is 0 Å². The molecule has 0 aliphatic carbocycles. The first-order chi connectivity index (χ1) is 14.0. The Balaban J connectivity index is 1.57. The lowest BCUT2D eigenvalue weighted by Crippen LogP contribution is -2.26. The number of aromatic nitrogens is 2. The van der Waals surface area contributed by atoms with Crippen LogP contribution in [0.25, 0.3) is 5.69 Å². The molecule has 1 N–H and O–H groups in total. The highest BCUT2D eigenvalue weighted by molar-refractivity contribution is 5.92. The Kier molecular flexibility index (Phi) is 6.38. The van der Waals surface area contributed by atoms with Crippen LogP contribution in [0.15, 0.2) is 54.7 Å². The molecule has 0 bridgehead atoms. The number of methoxy groups -OCH3 is 1. The molecule has 0 saturated heterocycles. The second-order valence-electron chi connectivity index (χ2n) is 5.99. The van der Waals surface area contributed by atoms with Gasteiger partial charge in [-0.15, -0.1) is 0 Å². The molecule has 3 rings (SSSR count). The zero-order chi connectivity index (χ0) is 20.8. The zero-order valence-electron chi connectivity index (χ0n) is 15.4. The lowest BCUT2D eigenvalue weighted by molar-refractivity contribution is -0.0512. The van der Waals surface area contributed by atoms with Crippen molar-refractivity contribution in [1.29, 1.82) is 0 Å². The van der Waals surface area contributed by atoms with E-state index in [0.717, 1.165) is 5.56 Å². The molecule has 0 aliphatic rings. The third-order valence-corrected chi connectivity index (χ3v) is 4.06. The Bertz CT molecular complexity index is 975. The summed E-state index contributed by atoms with van der Waals surface area (Å²) >= 11 is 0. The van der Waals surface area contributed by atoms with Crippen LogP contribution in [0.1, 0.15) is 16.1 Å². The van der Waals surface area contributed by atoms with E-state index < -0.39 is 6.61 Å². The Labute approximate surface area is 164 Å². The van der Waals surface area contributed by atoms with Crippen LogP contribution in [0, 0.1) is 5.82 Å². The quantitative estimate of drug-likeness (QED) is 0.622. The highest BCUT2D eigenvalue weighted by Gasteiger charge is 2.12. The van der Waals surface area contributed by atoms with E-state index in [1.165, 1.54) is 30.0 Å². The highest BCUT2D eigenvalue weighted by atomic mass is 19.3. The molecule has 0 atom stereocenters. The molecular formula is C20H18F3N3O3. The number of halogens is 3. The van der Waals surface area contributed by atoms with Crippen molar-refractivity contribution < 1.29 is 27.4 Å². The zero-order valence-corrected chi connectivity index (χ0v) is 15.4. The number of hydrogen-bond acceptors (Lipinski definition) is 4. The van der Waals surface area contributed by atoms with Crippen molar-refractivity contribution in [2.75, 3.05) is 13.7 Å². The van der Waals surface area contributed by atoms with E-state index >= 15 is 0 Å². The molecule has 0 unspecified atom stereocenters. The molecule has 9 heteroatoms. The predicted molar refractivity (Wildman–Crippen MR) is 99.2 cm³/mol. The number of nitrogens with zero attached hydrogens (tertiary/aromatic N) is 2. The van der Waals surface area contributed by atoms with Gasteiger partial charge < -0.3 is 14.8 Å². The van der Waals surface area contributed by atoms with Crippen molar-refractivity contribution in [2.45, 2.75) is 13.0 Å². The van der Waals surface area contributed by atoms with Gasteiger partial charge in [-0.1, -0.05) is 6.07 Å². The second-order valence-corrected chi connectivity index (χ2v) is 5.99. The monoisotopic (exact) mass is 405 g/mol. The van der Waals surface area contributed by atoms with Crippen LogP contribution < -0.4 is 14.8 Å². The van der Waals surface area contributed by atoms with Crippen LogP contribution in [0.4, 0.5) is 13.2 Å². The number of rotatable bonds is 8. The van der Waals surface area contributed by atoms with Crippen LogP contribution >= 0.6 is 0 Å². The van der Waals surface area contributed by atoms with Gasteiger partial charge in [-0.05, 0) is 54.4 Å². The Morgan fingerprint density at radius 3 is 2.59 bits per heavy atom. The summed E-state index contributed by atoms with van der Waals surface area (Å²) in [6.07, 6.45) is 2.06. The molecule has 6 nitrogen and oxygen atoms in total. The summed E-state index contributed by atoms with van der Waals surface area (Å²) in [6, 6.07) is 11.9. The maximum Gasteiger partial charge on any atom is 0.387 e. The summed E-state index contributed by atoms with van der Waals surface area (Å²) in [5.74, 6) is -0.589. The number of hydrogen-bond donors (Lipinski definition) is 1. The first-order valence-corrected chi connectivity index (χ1v) is 8.68. The maximum atomic E-state index is 13.0. The van der Waals surface area contributed by atoms with Gasteiger partial charge in [0.1, 0.15) is 5.82 Å². The van der Waals surface area contributed by atoms with E-state index in [4.69, 9.17) is 4.74 Å². The minimum atomic E-state index is -2.94. The number of benzene rings is 2. The molecule has 3 aromatic rings. The predicted octanol–water partition coefficient (Wildman–Crippen LogP) is 3.59. The molecule has 0 saturated carbocycles. The van der Waals surface area contributed by atoms with Gasteiger partial charge in [-0.2, -0.15) is 13.9 Å². The first kappa shape index (κ1) is 20.2. The van der Waals surface area contributed by atoms with Gasteiger partial charge in [0.25, 0.3) is 5.91 Å². The molecule has 0 radical (unpaired) electrons. The van der Waals surface area contributed by atoms with E-state index in [9.17, 15) is 18.0 Å². The van der Waals surface area contributed by atoms with Crippen molar-refractivity contribution in [3.63, 3.8) is 0 Å². The first-order valence-electron chi connectivity index (χ1n) is 8.68. The van der Waals surface area contributed by atoms with Gasteiger partial charge in [0.05, 0.1) is 12.8 Å². The van der Waals surface area contributed by atoms with E-state index in [2.05, 4.69) is 15.2 Å². The van der Waals surface area contributed by atoms with Crippen molar-refractivity contribution in [3.05, 3.63) is 71.8 Å². The number of carbonyl (C=O) groups excluding carboxylic acids is 1. The second kappa shape index (κ2) is 9.13. The fourth-order valence-electron chi connectivity index (χ4n) is 2.65. The molecule has 0 fully saturated rings. The Morgan fingerprint density at radius 2 is 1.90 bits per heavy atom. The lowest BCUT2D eigenvalue weighted by atomic mass is 10.1. The summed E-state index contributed by atoms with van der Waals surface area (Å²) in [6.45, 7) is -2.63. The molecule has 152 valence electrons. The molecule has 0 aliphatic heterocycles. The molecule has 29 heavy (non-hydrogen) atoms. The fraction of sp³-hybridized carbons (Fsp3) is 0.200. The van der Waals surface area contributed by atoms with Crippen LogP contribution in [0.3, 0.4) is 0 Å². The minimum absolute atomic E-state index is 0.0541. The van der Waals surface area contributed by atoms with E-state index in [1.54, 1.807) is 36.5 Å². The number of carbonyl (C=O) groups is 1. The lowest BCUT2D eigenvalue weighted by Gasteiger charge is -2.11. The van der Waals surface area contributed by atoms with Gasteiger partial charge in [-0.25, -0.2) is 9.07 Å². The van der Waals surface area contributed by atoms with Crippen molar-refractivity contribution in [2.24, 2.45) is 0 Å². The maximum absolute atomic E-state index is 13.0. The average Bonchev–Trinajstić information content (AvgIpc) is 3.19. The van der Waals surface area contributed by atoms with Gasteiger partial charge in [0.2, 0.25) is 0 Å². The summed E-state index contributed by atoms with van der Waals surface area (Å²) in [7, 11) is 1.36. The smallest absolute Gasteiger partial charge is 0.387 e. The Morgan fingerprint density at radius 1 is 1.14 bits per heavy atom. The fourth-order valence-corrected chi connectivity index (χ4v) is 2.65. The van der Waals surface area contributed by atoms with Gasteiger partial charge >= 0.3 is 6.61 Å². The normalized spacial score (nSPS) is 10.8. The number of alkyl halides is 2. The van der Waals surface area contributed by atoms with Crippen LogP contribution in [-0.2, 0) is 6.42 Å². The van der Waals surface area contributed by atoms with E-state index in [0.29, 0.717) is 18.7 Å². The van der Waals surface area contributed by atoms with Crippen molar-refractivity contribution in [3.8, 4) is 17.2 Å². The van der Waals surface area contributed by atoms with Crippen LogP contribution in [0.5, 0.6) is 11.5 Å². The molecule has 1 heterocycles. The molecular weight excluding hydrogens is 387 g/mol. The SMILES string of the molecule is COc1cc(CCNC(=O)c2ccn(-c3ccc(F)cc3)n2)ccc1OC(F)F. The summed E-state index contributed by atoms with van der Waals surface area (Å²) < 4.78 is 48.6. The summed E-state index contributed by atoms with van der Waals surface area (Å²) in [5.41, 5.74) is 1.62. The summed E-state index contributed by atoms with van der Waals surface area (Å²) in [5, 5.41) is 6.92. The number of ether oxygens (including phenoxy) is 2. The van der Waals surface area contributed by atoms with Gasteiger partial charge in [0.15, 0.2) is 17.2 Å². The van der Waals surface area contributed by atoms with Gasteiger partial charge in [0, 0.05) is 12.7 Å². The van der Waals surface area contributed by atoms with E-state index in [-0.39, 0.29) is 28.9 Å². The standard InChI is InChI=1S/C20H18F3N3O3/c1-28-18-12-13(2-7-17(18)29-20(22)23)8-10-24-19(27)16-9-11-26(25-16)15-5-3-14(21)4-6-15/h2-7,9,11-12,20H,8,10H2,1H3,(H,24,27). The van der Waals surface area contributed by atoms with Crippen LogP contribution in [-0.4, -0.2) is 36.0 Å². The molecule has 1 amide bonds. The molecule has 0 spiro atoms. The van der Waals surface area contributed by atoms with E-state index in [1.807, 2.05) is 0 Å².